The normalized spacial score (nSPS) is 19.7. The number of aliphatic carboxylic acids is 1. The van der Waals surface area contributed by atoms with Crippen molar-refractivity contribution in [2.24, 2.45) is 0 Å². The van der Waals surface area contributed by atoms with E-state index in [2.05, 4.69) is 5.32 Å². The fourth-order valence-corrected chi connectivity index (χ4v) is 5.09. The number of nitrogens with zero attached hydrogens (tertiary/aromatic N) is 1. The molecule has 4 rings (SSSR count). The number of carboxylic acid groups (broad SMARTS) is 1. The van der Waals surface area contributed by atoms with Gasteiger partial charge in [-0.05, 0) is 47.9 Å². The molecule has 1 fully saturated rings. The molecule has 0 radical (unpaired) electrons. The van der Waals surface area contributed by atoms with Crippen molar-refractivity contribution >= 4 is 18.0 Å². The van der Waals surface area contributed by atoms with E-state index in [-0.39, 0.29) is 31.4 Å². The van der Waals surface area contributed by atoms with Gasteiger partial charge in [-0.25, -0.2) is 4.79 Å². The molecular formula is C26H30N2O6. The molecule has 2 aliphatic carbocycles. The van der Waals surface area contributed by atoms with Crippen LogP contribution in [0.1, 0.15) is 49.1 Å². The summed E-state index contributed by atoms with van der Waals surface area (Å²) in [5, 5.41) is 21.8. The summed E-state index contributed by atoms with van der Waals surface area (Å²) >= 11 is 0. The Balaban J connectivity index is 1.43. The van der Waals surface area contributed by atoms with Crippen LogP contribution in [0.15, 0.2) is 48.5 Å². The highest BCUT2D eigenvalue weighted by atomic mass is 16.5. The minimum atomic E-state index is -1.06. The van der Waals surface area contributed by atoms with Crippen molar-refractivity contribution in [1.82, 2.24) is 10.2 Å². The lowest BCUT2D eigenvalue weighted by molar-refractivity contribution is -0.138. The SMILES string of the molecule is CN(C(=O)C(CCC(=O)O)NC(=O)OCC1c2ccccc2-c2ccccc21)C1CCCC1O. The van der Waals surface area contributed by atoms with Crippen LogP contribution in [-0.2, 0) is 14.3 Å². The average Bonchev–Trinajstić information content (AvgIpc) is 3.40. The molecule has 0 spiro atoms. The number of fused-ring (bicyclic) bond motifs is 3. The topological polar surface area (TPSA) is 116 Å². The lowest BCUT2D eigenvalue weighted by atomic mass is 9.98. The molecule has 2 aromatic rings. The highest BCUT2D eigenvalue weighted by Gasteiger charge is 2.35. The van der Waals surface area contributed by atoms with Crippen LogP contribution in [0.5, 0.6) is 0 Å². The second-order valence-electron chi connectivity index (χ2n) is 8.97. The molecule has 2 aromatic carbocycles. The van der Waals surface area contributed by atoms with Crippen LogP contribution < -0.4 is 5.32 Å². The highest BCUT2D eigenvalue weighted by molar-refractivity contribution is 5.86. The predicted molar refractivity (Wildman–Crippen MR) is 125 cm³/mol. The Morgan fingerprint density at radius 2 is 1.68 bits per heavy atom. The fraction of sp³-hybridized carbons (Fsp3) is 0.423. The van der Waals surface area contributed by atoms with Crippen LogP contribution >= 0.6 is 0 Å². The quantitative estimate of drug-likeness (QED) is 0.551. The zero-order chi connectivity index (χ0) is 24.2. The van der Waals surface area contributed by atoms with Gasteiger partial charge in [-0.2, -0.15) is 0 Å². The fourth-order valence-electron chi connectivity index (χ4n) is 5.09. The molecule has 2 amide bonds. The molecule has 3 N–H and O–H groups in total. The number of alkyl carbamates (subject to hydrolysis) is 1. The van der Waals surface area contributed by atoms with Gasteiger partial charge in [0.25, 0.3) is 0 Å². The minimum absolute atomic E-state index is 0.0640. The van der Waals surface area contributed by atoms with Crippen LogP contribution in [0, 0.1) is 0 Å². The Morgan fingerprint density at radius 3 is 2.24 bits per heavy atom. The lowest BCUT2D eigenvalue weighted by Gasteiger charge is -2.30. The maximum absolute atomic E-state index is 13.1. The minimum Gasteiger partial charge on any atom is -0.481 e. The number of likely N-dealkylation sites (N-methyl/N-ethyl adjacent to an activating group) is 1. The molecular weight excluding hydrogens is 436 g/mol. The van der Waals surface area contributed by atoms with Crippen LogP contribution in [0.25, 0.3) is 11.1 Å². The molecule has 0 heterocycles. The predicted octanol–water partition coefficient (Wildman–Crippen LogP) is 3.13. The van der Waals surface area contributed by atoms with Crippen molar-refractivity contribution < 1.29 is 29.3 Å². The van der Waals surface area contributed by atoms with E-state index in [0.29, 0.717) is 12.8 Å². The number of hydrogen-bond donors (Lipinski definition) is 3. The number of aliphatic hydroxyl groups is 1. The second-order valence-corrected chi connectivity index (χ2v) is 8.97. The monoisotopic (exact) mass is 466 g/mol. The average molecular weight is 467 g/mol. The zero-order valence-corrected chi connectivity index (χ0v) is 19.1. The van der Waals surface area contributed by atoms with Crippen molar-refractivity contribution in [2.75, 3.05) is 13.7 Å². The van der Waals surface area contributed by atoms with E-state index >= 15 is 0 Å². The Hall–Kier alpha value is -3.39. The molecule has 1 saturated carbocycles. The maximum atomic E-state index is 13.1. The number of nitrogens with one attached hydrogen (secondary N) is 1. The zero-order valence-electron chi connectivity index (χ0n) is 19.1. The number of carboxylic acids is 1. The largest absolute Gasteiger partial charge is 0.481 e. The summed E-state index contributed by atoms with van der Waals surface area (Å²) < 4.78 is 5.54. The Bertz CT molecular complexity index is 1030. The first-order valence-corrected chi connectivity index (χ1v) is 11.6. The van der Waals surface area contributed by atoms with E-state index in [1.54, 1.807) is 7.05 Å². The molecule has 3 unspecified atom stereocenters. The second kappa shape index (κ2) is 10.3. The number of carbonyl (C=O) groups is 3. The number of hydrogen-bond acceptors (Lipinski definition) is 5. The molecule has 0 saturated heterocycles. The number of amides is 2. The molecule has 34 heavy (non-hydrogen) atoms. The highest BCUT2D eigenvalue weighted by Crippen LogP contribution is 2.44. The number of rotatable bonds is 8. The van der Waals surface area contributed by atoms with E-state index in [4.69, 9.17) is 9.84 Å². The number of benzene rings is 2. The van der Waals surface area contributed by atoms with Crippen molar-refractivity contribution in [3.8, 4) is 11.1 Å². The van der Waals surface area contributed by atoms with Gasteiger partial charge in [-0.15, -0.1) is 0 Å². The van der Waals surface area contributed by atoms with Crippen LogP contribution in [0.4, 0.5) is 4.79 Å². The van der Waals surface area contributed by atoms with E-state index in [1.807, 2.05) is 48.5 Å². The van der Waals surface area contributed by atoms with Crippen molar-refractivity contribution in [2.45, 2.75) is 56.2 Å². The Labute approximate surface area is 198 Å². The summed E-state index contributed by atoms with van der Waals surface area (Å²) in [6.07, 6.45) is 0.354. The summed E-state index contributed by atoms with van der Waals surface area (Å²) in [4.78, 5) is 38.3. The molecule has 0 aliphatic heterocycles. The lowest BCUT2D eigenvalue weighted by Crippen LogP contribution is -2.52. The molecule has 8 heteroatoms. The molecule has 180 valence electrons. The van der Waals surface area contributed by atoms with Crippen molar-refractivity contribution in [3.05, 3.63) is 59.7 Å². The van der Waals surface area contributed by atoms with Gasteiger partial charge in [0, 0.05) is 19.4 Å². The first-order valence-electron chi connectivity index (χ1n) is 11.6. The molecule has 0 aromatic heterocycles. The first-order chi connectivity index (χ1) is 16.4. The van der Waals surface area contributed by atoms with Crippen LogP contribution in [0.3, 0.4) is 0 Å². The van der Waals surface area contributed by atoms with Gasteiger partial charge in [0.2, 0.25) is 5.91 Å². The van der Waals surface area contributed by atoms with Gasteiger partial charge < -0.3 is 25.2 Å². The Morgan fingerprint density at radius 1 is 1.06 bits per heavy atom. The van der Waals surface area contributed by atoms with Crippen molar-refractivity contribution in [3.63, 3.8) is 0 Å². The molecule has 3 atom stereocenters. The van der Waals surface area contributed by atoms with Gasteiger partial charge in [-0.3, -0.25) is 9.59 Å². The third kappa shape index (κ3) is 4.92. The Kier molecular flexibility index (Phi) is 7.17. The number of ether oxygens (including phenoxy) is 1. The number of carbonyl (C=O) groups excluding carboxylic acids is 2. The van der Waals surface area contributed by atoms with Gasteiger partial charge >= 0.3 is 12.1 Å². The maximum Gasteiger partial charge on any atom is 0.407 e. The summed E-state index contributed by atoms with van der Waals surface area (Å²) in [6.45, 7) is 0.0941. The van der Waals surface area contributed by atoms with Crippen LogP contribution in [0.2, 0.25) is 0 Å². The van der Waals surface area contributed by atoms with E-state index in [0.717, 1.165) is 28.7 Å². The van der Waals surface area contributed by atoms with E-state index < -0.39 is 30.1 Å². The van der Waals surface area contributed by atoms with Crippen molar-refractivity contribution in [1.29, 1.82) is 0 Å². The van der Waals surface area contributed by atoms with E-state index in [9.17, 15) is 19.5 Å². The molecule has 2 aliphatic rings. The first kappa shape index (κ1) is 23.8. The van der Waals surface area contributed by atoms with Gasteiger partial charge in [0.1, 0.15) is 12.6 Å². The van der Waals surface area contributed by atoms with Gasteiger partial charge in [0.05, 0.1) is 12.1 Å². The summed E-state index contributed by atoms with van der Waals surface area (Å²) in [5.74, 6) is -1.61. The molecule has 8 nitrogen and oxygen atoms in total. The number of aliphatic hydroxyl groups excluding tert-OH is 1. The summed E-state index contributed by atoms with van der Waals surface area (Å²) in [7, 11) is 1.58. The third-order valence-electron chi connectivity index (χ3n) is 6.87. The van der Waals surface area contributed by atoms with Crippen LogP contribution in [-0.4, -0.2) is 64.9 Å². The summed E-state index contributed by atoms with van der Waals surface area (Å²) in [6, 6.07) is 14.6. The summed E-state index contributed by atoms with van der Waals surface area (Å²) in [5.41, 5.74) is 4.37. The van der Waals surface area contributed by atoms with Gasteiger partial charge in [0.15, 0.2) is 0 Å². The smallest absolute Gasteiger partial charge is 0.407 e. The molecule has 0 bridgehead atoms. The third-order valence-corrected chi connectivity index (χ3v) is 6.87. The van der Waals surface area contributed by atoms with Gasteiger partial charge in [-0.1, -0.05) is 48.5 Å². The standard InChI is InChI=1S/C26H30N2O6/c1-28(22-11-6-12-23(22)29)25(32)21(13-14-24(30)31)27-26(33)34-15-20-18-9-4-2-7-16(18)17-8-3-5-10-19(17)20/h2-5,7-10,20-23,29H,6,11-15H2,1H3,(H,27,33)(H,30,31). The van der Waals surface area contributed by atoms with E-state index in [1.165, 1.54) is 4.90 Å².